The van der Waals surface area contributed by atoms with Gasteiger partial charge in [-0.2, -0.15) is 0 Å². The standard InChI is InChI=1S/C17H19BrFN/c1-13(15-9-10-17(19)16(18)12-15)20-11-5-8-14-6-3-2-4-7-14/h2-4,6-7,9-10,12-13,20H,5,8,11H2,1H3. The first-order valence-corrected chi connectivity index (χ1v) is 7.68. The summed E-state index contributed by atoms with van der Waals surface area (Å²) in [6, 6.07) is 15.9. The number of halogens is 2. The highest BCUT2D eigenvalue weighted by Gasteiger charge is 2.07. The number of benzene rings is 2. The molecule has 106 valence electrons. The van der Waals surface area contributed by atoms with Crippen molar-refractivity contribution in [2.75, 3.05) is 6.54 Å². The minimum atomic E-state index is -0.218. The fraction of sp³-hybridized carbons (Fsp3) is 0.294. The van der Waals surface area contributed by atoms with E-state index in [2.05, 4.69) is 52.4 Å². The van der Waals surface area contributed by atoms with Crippen LogP contribution in [-0.4, -0.2) is 6.54 Å². The van der Waals surface area contributed by atoms with Crippen molar-refractivity contribution in [3.05, 3.63) is 69.9 Å². The molecular formula is C17H19BrFN. The van der Waals surface area contributed by atoms with Crippen LogP contribution in [0.3, 0.4) is 0 Å². The fourth-order valence-electron chi connectivity index (χ4n) is 2.16. The molecule has 0 aliphatic carbocycles. The molecule has 1 nitrogen and oxygen atoms in total. The normalized spacial score (nSPS) is 12.3. The van der Waals surface area contributed by atoms with E-state index in [0.29, 0.717) is 4.47 Å². The number of rotatable bonds is 6. The molecule has 0 aliphatic heterocycles. The van der Waals surface area contributed by atoms with Gasteiger partial charge in [0.2, 0.25) is 0 Å². The molecule has 0 amide bonds. The average Bonchev–Trinajstić information content (AvgIpc) is 2.47. The van der Waals surface area contributed by atoms with Gasteiger partial charge in [0.05, 0.1) is 4.47 Å². The van der Waals surface area contributed by atoms with Crippen LogP contribution in [-0.2, 0) is 6.42 Å². The van der Waals surface area contributed by atoms with Crippen LogP contribution >= 0.6 is 15.9 Å². The minimum Gasteiger partial charge on any atom is -0.310 e. The molecule has 0 spiro atoms. The Kier molecular flexibility index (Phi) is 5.74. The van der Waals surface area contributed by atoms with Crippen molar-refractivity contribution in [1.29, 1.82) is 0 Å². The van der Waals surface area contributed by atoms with Crippen LogP contribution in [0.15, 0.2) is 53.0 Å². The summed E-state index contributed by atoms with van der Waals surface area (Å²) >= 11 is 3.22. The quantitative estimate of drug-likeness (QED) is 0.742. The first-order valence-electron chi connectivity index (χ1n) is 6.89. The Morgan fingerprint density at radius 3 is 2.60 bits per heavy atom. The molecule has 2 rings (SSSR count). The van der Waals surface area contributed by atoms with E-state index in [-0.39, 0.29) is 11.9 Å². The first kappa shape index (κ1) is 15.2. The lowest BCUT2D eigenvalue weighted by Gasteiger charge is -2.14. The zero-order chi connectivity index (χ0) is 14.4. The molecular weight excluding hydrogens is 317 g/mol. The molecule has 1 unspecified atom stereocenters. The number of hydrogen-bond donors (Lipinski definition) is 1. The summed E-state index contributed by atoms with van der Waals surface area (Å²) in [5.74, 6) is -0.218. The molecule has 1 atom stereocenters. The summed E-state index contributed by atoms with van der Waals surface area (Å²) in [6.45, 7) is 3.05. The van der Waals surface area contributed by atoms with Crippen LogP contribution in [0.25, 0.3) is 0 Å². The summed E-state index contributed by atoms with van der Waals surface area (Å²) in [5.41, 5.74) is 2.46. The van der Waals surface area contributed by atoms with Crippen molar-refractivity contribution in [3.63, 3.8) is 0 Å². The smallest absolute Gasteiger partial charge is 0.137 e. The third-order valence-corrected chi connectivity index (χ3v) is 3.99. The molecule has 0 aromatic heterocycles. The van der Waals surface area contributed by atoms with E-state index in [1.54, 1.807) is 0 Å². The lowest BCUT2D eigenvalue weighted by atomic mass is 10.1. The maximum Gasteiger partial charge on any atom is 0.137 e. The summed E-state index contributed by atoms with van der Waals surface area (Å²) in [5, 5.41) is 3.47. The first-order chi connectivity index (χ1) is 9.66. The SMILES string of the molecule is CC(NCCCc1ccccc1)c1ccc(F)c(Br)c1. The highest BCUT2D eigenvalue weighted by Crippen LogP contribution is 2.21. The molecule has 0 saturated heterocycles. The van der Waals surface area contributed by atoms with Gasteiger partial charge in [-0.25, -0.2) is 4.39 Å². The van der Waals surface area contributed by atoms with E-state index in [9.17, 15) is 4.39 Å². The number of nitrogens with one attached hydrogen (secondary N) is 1. The van der Waals surface area contributed by atoms with Gasteiger partial charge in [0.1, 0.15) is 5.82 Å². The van der Waals surface area contributed by atoms with Crippen molar-refractivity contribution < 1.29 is 4.39 Å². The van der Waals surface area contributed by atoms with Crippen molar-refractivity contribution in [2.45, 2.75) is 25.8 Å². The highest BCUT2D eigenvalue weighted by molar-refractivity contribution is 9.10. The lowest BCUT2D eigenvalue weighted by molar-refractivity contribution is 0.555. The number of aryl methyl sites for hydroxylation is 1. The maximum absolute atomic E-state index is 13.2. The van der Waals surface area contributed by atoms with Crippen LogP contribution in [0.4, 0.5) is 4.39 Å². The van der Waals surface area contributed by atoms with E-state index < -0.39 is 0 Å². The minimum absolute atomic E-state index is 0.218. The van der Waals surface area contributed by atoms with Gasteiger partial charge in [0, 0.05) is 6.04 Å². The summed E-state index contributed by atoms with van der Waals surface area (Å²) < 4.78 is 13.7. The largest absolute Gasteiger partial charge is 0.310 e. The van der Waals surface area contributed by atoms with Crippen LogP contribution in [0, 0.1) is 5.82 Å². The molecule has 0 fully saturated rings. The van der Waals surface area contributed by atoms with Gasteiger partial charge in [-0.1, -0.05) is 36.4 Å². The third-order valence-electron chi connectivity index (χ3n) is 3.38. The Hall–Kier alpha value is -1.19. The number of hydrogen-bond acceptors (Lipinski definition) is 1. The second-order valence-electron chi connectivity index (χ2n) is 4.94. The van der Waals surface area contributed by atoms with Crippen LogP contribution in [0.2, 0.25) is 0 Å². The molecule has 0 bridgehead atoms. The Bertz CT molecular complexity index is 542. The monoisotopic (exact) mass is 335 g/mol. The second-order valence-corrected chi connectivity index (χ2v) is 5.79. The summed E-state index contributed by atoms with van der Waals surface area (Å²) in [6.07, 6.45) is 2.17. The molecule has 2 aromatic rings. The van der Waals surface area contributed by atoms with Gasteiger partial charge in [0.25, 0.3) is 0 Å². The Morgan fingerprint density at radius 1 is 1.15 bits per heavy atom. The van der Waals surface area contributed by atoms with E-state index >= 15 is 0 Å². The van der Waals surface area contributed by atoms with Crippen molar-refractivity contribution >= 4 is 15.9 Å². The van der Waals surface area contributed by atoms with Crippen LogP contribution in [0.1, 0.15) is 30.5 Å². The van der Waals surface area contributed by atoms with E-state index in [0.717, 1.165) is 24.9 Å². The molecule has 3 heteroatoms. The van der Waals surface area contributed by atoms with Gasteiger partial charge < -0.3 is 5.32 Å². The summed E-state index contributed by atoms with van der Waals surface area (Å²) in [7, 11) is 0. The van der Waals surface area contributed by atoms with E-state index in [1.165, 1.54) is 11.6 Å². The Labute approximate surface area is 128 Å². The van der Waals surface area contributed by atoms with Crippen molar-refractivity contribution in [1.82, 2.24) is 5.32 Å². The Morgan fingerprint density at radius 2 is 1.90 bits per heavy atom. The zero-order valence-electron chi connectivity index (χ0n) is 11.6. The Balaban J connectivity index is 1.77. The predicted octanol–water partition coefficient (Wildman–Crippen LogP) is 4.87. The van der Waals surface area contributed by atoms with Gasteiger partial charge in [-0.05, 0) is 65.5 Å². The topological polar surface area (TPSA) is 12.0 Å². The summed E-state index contributed by atoms with van der Waals surface area (Å²) in [4.78, 5) is 0. The highest BCUT2D eigenvalue weighted by atomic mass is 79.9. The van der Waals surface area contributed by atoms with Gasteiger partial charge in [0.15, 0.2) is 0 Å². The second kappa shape index (κ2) is 7.55. The average molecular weight is 336 g/mol. The maximum atomic E-state index is 13.2. The molecule has 20 heavy (non-hydrogen) atoms. The van der Waals surface area contributed by atoms with E-state index in [4.69, 9.17) is 0 Å². The molecule has 0 heterocycles. The molecule has 2 aromatic carbocycles. The molecule has 0 radical (unpaired) electrons. The van der Waals surface area contributed by atoms with Gasteiger partial charge in [-0.3, -0.25) is 0 Å². The fourth-order valence-corrected chi connectivity index (χ4v) is 2.55. The van der Waals surface area contributed by atoms with Gasteiger partial charge >= 0.3 is 0 Å². The molecule has 0 aliphatic rings. The van der Waals surface area contributed by atoms with Crippen LogP contribution < -0.4 is 5.32 Å². The predicted molar refractivity (Wildman–Crippen MR) is 85.3 cm³/mol. The van der Waals surface area contributed by atoms with Crippen molar-refractivity contribution in [3.8, 4) is 0 Å². The third kappa shape index (κ3) is 4.43. The molecule has 0 saturated carbocycles. The lowest BCUT2D eigenvalue weighted by Crippen LogP contribution is -2.20. The molecule has 1 N–H and O–H groups in total. The van der Waals surface area contributed by atoms with E-state index in [1.807, 2.05) is 18.2 Å². The van der Waals surface area contributed by atoms with Gasteiger partial charge in [-0.15, -0.1) is 0 Å². The van der Waals surface area contributed by atoms with Crippen LogP contribution in [0.5, 0.6) is 0 Å². The van der Waals surface area contributed by atoms with Crippen molar-refractivity contribution in [2.24, 2.45) is 0 Å². The zero-order valence-corrected chi connectivity index (χ0v) is 13.2.